The fraction of sp³-hybridized carbons (Fsp3) is 0. The molecule has 0 saturated heterocycles. The van der Waals surface area contributed by atoms with Crippen molar-refractivity contribution >= 4 is 61.4 Å². The second kappa shape index (κ2) is 3.69. The van der Waals surface area contributed by atoms with Crippen LogP contribution < -0.4 is 0 Å². The van der Waals surface area contributed by atoms with Gasteiger partial charge in [-0.1, -0.05) is 0 Å². The molecule has 0 fully saturated rings. The third-order valence-corrected chi connectivity index (χ3v) is 4.36. The van der Waals surface area contributed by atoms with Crippen LogP contribution in [0.1, 0.15) is 0 Å². The Kier molecular flexibility index (Phi) is 2.78. The first-order valence-electron chi connectivity index (χ1n) is 2.99. The standard InChI is InChI=1S/C6H2BrIN2S2/c7-6-9-5(12-10-6)3-1-4(8)11-2-3/h1-2H. The van der Waals surface area contributed by atoms with Gasteiger partial charge in [0, 0.05) is 10.9 Å². The lowest BCUT2D eigenvalue weighted by Gasteiger charge is -1.83. The fourth-order valence-corrected chi connectivity index (χ4v) is 3.22. The van der Waals surface area contributed by atoms with Crippen molar-refractivity contribution in [2.24, 2.45) is 0 Å². The molecule has 0 aromatic carbocycles. The van der Waals surface area contributed by atoms with Crippen molar-refractivity contribution in [3.8, 4) is 10.6 Å². The summed E-state index contributed by atoms with van der Waals surface area (Å²) < 4.78 is 5.99. The van der Waals surface area contributed by atoms with Gasteiger partial charge in [0.15, 0.2) is 0 Å². The summed E-state index contributed by atoms with van der Waals surface area (Å²) in [5.74, 6) is 0. The van der Waals surface area contributed by atoms with Crippen molar-refractivity contribution in [2.75, 3.05) is 0 Å². The predicted octanol–water partition coefficient (Wildman–Crippen LogP) is 3.63. The van der Waals surface area contributed by atoms with Gasteiger partial charge in [0.2, 0.25) is 4.73 Å². The predicted molar refractivity (Wildman–Crippen MR) is 63.6 cm³/mol. The number of rotatable bonds is 1. The highest BCUT2D eigenvalue weighted by Gasteiger charge is 2.05. The number of hydrogen-bond acceptors (Lipinski definition) is 4. The third-order valence-electron chi connectivity index (χ3n) is 1.22. The number of thiophene rings is 1. The Morgan fingerprint density at radius 3 is 2.83 bits per heavy atom. The molecule has 12 heavy (non-hydrogen) atoms. The molecule has 0 bridgehead atoms. The van der Waals surface area contributed by atoms with Gasteiger partial charge >= 0.3 is 0 Å². The molecule has 0 N–H and O–H groups in total. The van der Waals surface area contributed by atoms with E-state index in [1.54, 1.807) is 11.3 Å². The summed E-state index contributed by atoms with van der Waals surface area (Å²) in [6.45, 7) is 0. The topological polar surface area (TPSA) is 25.8 Å². The first-order valence-corrected chi connectivity index (χ1v) is 6.52. The Labute approximate surface area is 99.5 Å². The van der Waals surface area contributed by atoms with Crippen LogP contribution in [0.5, 0.6) is 0 Å². The molecule has 2 aromatic rings. The summed E-state index contributed by atoms with van der Waals surface area (Å²) in [5.41, 5.74) is 1.16. The molecule has 0 aliphatic carbocycles. The van der Waals surface area contributed by atoms with E-state index in [1.807, 2.05) is 0 Å². The van der Waals surface area contributed by atoms with E-state index in [0.29, 0.717) is 4.73 Å². The maximum atomic E-state index is 4.22. The van der Waals surface area contributed by atoms with Gasteiger partial charge in [-0.15, -0.1) is 11.3 Å². The zero-order valence-electron chi connectivity index (χ0n) is 5.62. The van der Waals surface area contributed by atoms with E-state index in [9.17, 15) is 0 Å². The van der Waals surface area contributed by atoms with Crippen LogP contribution in [0.2, 0.25) is 0 Å². The molecule has 0 saturated carbocycles. The van der Waals surface area contributed by atoms with Crippen LogP contribution in [0, 0.1) is 2.88 Å². The fourth-order valence-electron chi connectivity index (χ4n) is 0.745. The second-order valence-electron chi connectivity index (χ2n) is 2.01. The highest BCUT2D eigenvalue weighted by atomic mass is 127. The highest BCUT2D eigenvalue weighted by Crippen LogP contribution is 2.28. The van der Waals surface area contributed by atoms with E-state index in [-0.39, 0.29) is 0 Å². The van der Waals surface area contributed by atoms with Crippen molar-refractivity contribution in [3.63, 3.8) is 0 Å². The minimum atomic E-state index is 0.670. The van der Waals surface area contributed by atoms with Gasteiger partial charge in [-0.2, -0.15) is 4.37 Å². The third kappa shape index (κ3) is 1.86. The van der Waals surface area contributed by atoms with Gasteiger partial charge in [-0.25, -0.2) is 4.98 Å². The average Bonchev–Trinajstić information content (AvgIpc) is 2.58. The maximum absolute atomic E-state index is 4.22. The summed E-state index contributed by atoms with van der Waals surface area (Å²) in [4.78, 5) is 4.22. The molecule has 2 aromatic heterocycles. The Morgan fingerprint density at radius 1 is 1.50 bits per heavy atom. The molecule has 6 heteroatoms. The molecule has 2 heterocycles. The molecule has 62 valence electrons. The molecule has 0 amide bonds. The van der Waals surface area contributed by atoms with E-state index >= 15 is 0 Å². The molecule has 2 nitrogen and oxygen atoms in total. The van der Waals surface area contributed by atoms with Gasteiger partial charge in [0.25, 0.3) is 0 Å². The van der Waals surface area contributed by atoms with E-state index in [4.69, 9.17) is 0 Å². The first-order chi connectivity index (χ1) is 5.75. The van der Waals surface area contributed by atoms with Crippen LogP contribution in [0.15, 0.2) is 16.2 Å². The summed E-state index contributed by atoms with van der Waals surface area (Å²) in [6, 6.07) is 2.11. The van der Waals surface area contributed by atoms with Gasteiger partial charge in [-0.3, -0.25) is 0 Å². The largest absolute Gasteiger partial charge is 0.209 e. The van der Waals surface area contributed by atoms with Crippen molar-refractivity contribution < 1.29 is 0 Å². The van der Waals surface area contributed by atoms with Crippen LogP contribution in [-0.4, -0.2) is 9.36 Å². The summed E-state index contributed by atoms with van der Waals surface area (Å²) in [6.07, 6.45) is 0. The summed E-state index contributed by atoms with van der Waals surface area (Å²) >= 11 is 8.65. The Balaban J connectivity index is 2.43. The van der Waals surface area contributed by atoms with Crippen LogP contribution in [-0.2, 0) is 0 Å². The minimum Gasteiger partial charge on any atom is -0.209 e. The monoisotopic (exact) mass is 372 g/mol. The van der Waals surface area contributed by atoms with Crippen molar-refractivity contribution in [3.05, 3.63) is 19.1 Å². The number of aromatic nitrogens is 2. The molecule has 0 spiro atoms. The molecular formula is C6H2BrIN2S2. The average molecular weight is 373 g/mol. The molecule has 0 radical (unpaired) electrons. The summed E-state index contributed by atoms with van der Waals surface area (Å²) in [5, 5.41) is 3.07. The number of hydrogen-bond donors (Lipinski definition) is 0. The number of halogens is 2. The normalized spacial score (nSPS) is 10.5. The molecule has 0 atom stereocenters. The Morgan fingerprint density at radius 2 is 2.33 bits per heavy atom. The van der Waals surface area contributed by atoms with Crippen LogP contribution in [0.4, 0.5) is 0 Å². The lowest BCUT2D eigenvalue weighted by Crippen LogP contribution is -1.69. The van der Waals surface area contributed by atoms with Crippen LogP contribution in [0.25, 0.3) is 10.6 Å². The smallest absolute Gasteiger partial charge is 0.209 e. The van der Waals surface area contributed by atoms with Gasteiger partial charge in [-0.05, 0) is 56.1 Å². The van der Waals surface area contributed by atoms with E-state index in [0.717, 1.165) is 10.6 Å². The number of nitrogens with zero attached hydrogens (tertiary/aromatic N) is 2. The zero-order chi connectivity index (χ0) is 8.55. The molecular weight excluding hydrogens is 371 g/mol. The highest BCUT2D eigenvalue weighted by molar-refractivity contribution is 14.1. The first kappa shape index (κ1) is 9.04. The quantitative estimate of drug-likeness (QED) is 0.714. The Bertz CT molecular complexity index is 359. The molecule has 0 aliphatic rings. The van der Waals surface area contributed by atoms with Crippen molar-refractivity contribution in [2.45, 2.75) is 0 Å². The van der Waals surface area contributed by atoms with Gasteiger partial charge < -0.3 is 0 Å². The van der Waals surface area contributed by atoms with E-state index < -0.39 is 0 Å². The lowest BCUT2D eigenvalue weighted by molar-refractivity contribution is 1.26. The minimum absolute atomic E-state index is 0.670. The molecule has 0 aliphatic heterocycles. The van der Waals surface area contributed by atoms with Crippen molar-refractivity contribution in [1.82, 2.24) is 9.36 Å². The van der Waals surface area contributed by atoms with Crippen molar-refractivity contribution in [1.29, 1.82) is 0 Å². The summed E-state index contributed by atoms with van der Waals surface area (Å²) in [7, 11) is 0. The van der Waals surface area contributed by atoms with Crippen LogP contribution >= 0.6 is 61.4 Å². The molecule has 2 rings (SSSR count). The van der Waals surface area contributed by atoms with Gasteiger partial charge in [0.1, 0.15) is 5.01 Å². The SMILES string of the molecule is Brc1nsc(-c2csc(I)c2)n1. The maximum Gasteiger partial charge on any atom is 0.209 e. The van der Waals surface area contributed by atoms with Gasteiger partial charge in [0.05, 0.1) is 2.88 Å². The van der Waals surface area contributed by atoms with Crippen LogP contribution in [0.3, 0.4) is 0 Å². The van der Waals surface area contributed by atoms with E-state index in [1.165, 1.54) is 14.4 Å². The second-order valence-corrected chi connectivity index (χ2v) is 6.27. The van der Waals surface area contributed by atoms with E-state index in [2.05, 4.69) is 59.3 Å². The lowest BCUT2D eigenvalue weighted by atomic mass is 10.4. The zero-order valence-corrected chi connectivity index (χ0v) is 11.0. The molecule has 0 unspecified atom stereocenters. The Hall–Kier alpha value is 0.470.